The summed E-state index contributed by atoms with van der Waals surface area (Å²) >= 11 is 4.89. The van der Waals surface area contributed by atoms with Crippen LogP contribution in [0.15, 0.2) is 30.3 Å². The van der Waals surface area contributed by atoms with E-state index in [1.807, 2.05) is 30.3 Å². The molecule has 0 bridgehead atoms. The number of thiocarbonyl (C=S) groups is 1. The summed E-state index contributed by atoms with van der Waals surface area (Å²) < 4.78 is 5.41. The number of ether oxygens (including phenoxy) is 1. The fourth-order valence-electron chi connectivity index (χ4n) is 1.54. The minimum Gasteiger partial charge on any atom is -0.461 e. The molecule has 0 saturated carbocycles. The Morgan fingerprint density at radius 1 is 1.36 bits per heavy atom. The van der Waals surface area contributed by atoms with Crippen LogP contribution in [-0.4, -0.2) is 22.9 Å². The first-order valence-corrected chi connectivity index (χ1v) is 4.85. The predicted octanol–water partition coefficient (Wildman–Crippen LogP) is 0.993. The highest BCUT2D eigenvalue weighted by Gasteiger charge is 2.32. The maximum absolute atomic E-state index is 9.11. The van der Waals surface area contributed by atoms with Gasteiger partial charge in [0.1, 0.15) is 6.10 Å². The van der Waals surface area contributed by atoms with E-state index in [-0.39, 0.29) is 18.8 Å². The van der Waals surface area contributed by atoms with Crippen molar-refractivity contribution in [3.8, 4) is 0 Å². The van der Waals surface area contributed by atoms with Crippen LogP contribution in [0.25, 0.3) is 0 Å². The van der Waals surface area contributed by atoms with E-state index in [0.29, 0.717) is 5.17 Å². The number of aliphatic hydroxyl groups excluding tert-OH is 1. The first kappa shape index (κ1) is 9.43. The minimum atomic E-state index is -0.173. The monoisotopic (exact) mass is 209 g/mol. The Morgan fingerprint density at radius 3 is 2.71 bits per heavy atom. The number of nitrogens with one attached hydrogen (secondary N) is 1. The van der Waals surface area contributed by atoms with Gasteiger partial charge in [-0.25, -0.2) is 0 Å². The summed E-state index contributed by atoms with van der Waals surface area (Å²) in [4.78, 5) is 0. The lowest BCUT2D eigenvalue weighted by molar-refractivity contribution is 0.158. The molecule has 74 valence electrons. The van der Waals surface area contributed by atoms with Gasteiger partial charge < -0.3 is 15.2 Å². The summed E-state index contributed by atoms with van der Waals surface area (Å²) in [6.07, 6.45) is -0.173. The molecule has 0 unspecified atom stereocenters. The molecular formula is C10H11NO2S. The van der Waals surface area contributed by atoms with Gasteiger partial charge >= 0.3 is 0 Å². The number of hydrogen-bond acceptors (Lipinski definition) is 3. The highest BCUT2D eigenvalue weighted by atomic mass is 32.1. The third-order valence-electron chi connectivity index (χ3n) is 2.23. The van der Waals surface area contributed by atoms with Gasteiger partial charge in [0.15, 0.2) is 0 Å². The van der Waals surface area contributed by atoms with Crippen molar-refractivity contribution in [3.63, 3.8) is 0 Å². The SMILES string of the molecule is OC[C@@H]1NC(=S)O[C@H]1c1ccccc1. The van der Waals surface area contributed by atoms with Crippen LogP contribution in [0.5, 0.6) is 0 Å². The van der Waals surface area contributed by atoms with E-state index >= 15 is 0 Å². The standard InChI is InChI=1S/C10H11NO2S/c12-6-8-9(13-10(14)11-8)7-4-2-1-3-5-7/h1-5,8-9,12H,6H2,(H,11,14)/t8-,9-/m0/s1. The van der Waals surface area contributed by atoms with E-state index in [2.05, 4.69) is 5.32 Å². The number of aliphatic hydroxyl groups is 1. The summed E-state index contributed by atoms with van der Waals surface area (Å²) in [6.45, 7) is 0.0136. The van der Waals surface area contributed by atoms with Crippen molar-refractivity contribution in [2.75, 3.05) is 6.61 Å². The average Bonchev–Trinajstić information content (AvgIpc) is 2.61. The topological polar surface area (TPSA) is 41.5 Å². The van der Waals surface area contributed by atoms with Gasteiger partial charge in [0.05, 0.1) is 12.6 Å². The van der Waals surface area contributed by atoms with Crippen molar-refractivity contribution < 1.29 is 9.84 Å². The van der Waals surface area contributed by atoms with Crippen LogP contribution in [0.3, 0.4) is 0 Å². The van der Waals surface area contributed by atoms with Gasteiger partial charge in [-0.3, -0.25) is 0 Å². The Labute approximate surface area is 87.7 Å². The molecule has 14 heavy (non-hydrogen) atoms. The quantitative estimate of drug-likeness (QED) is 0.713. The Bertz CT molecular complexity index is 328. The van der Waals surface area contributed by atoms with Gasteiger partial charge in [-0.1, -0.05) is 30.3 Å². The molecule has 1 aromatic rings. The summed E-state index contributed by atoms with van der Waals surface area (Å²) in [5.74, 6) is 0. The van der Waals surface area contributed by atoms with E-state index in [0.717, 1.165) is 5.56 Å². The zero-order valence-electron chi connectivity index (χ0n) is 7.51. The summed E-state index contributed by atoms with van der Waals surface area (Å²) in [5, 5.41) is 12.4. The Hall–Kier alpha value is -1.13. The number of hydrogen-bond donors (Lipinski definition) is 2. The van der Waals surface area contributed by atoms with Gasteiger partial charge in [-0.15, -0.1) is 0 Å². The molecular weight excluding hydrogens is 198 g/mol. The molecule has 2 atom stereocenters. The summed E-state index contributed by atoms with van der Waals surface area (Å²) in [7, 11) is 0. The number of benzene rings is 1. The lowest BCUT2D eigenvalue weighted by Gasteiger charge is -2.14. The summed E-state index contributed by atoms with van der Waals surface area (Å²) in [6, 6.07) is 9.61. The van der Waals surface area contributed by atoms with E-state index in [9.17, 15) is 0 Å². The van der Waals surface area contributed by atoms with Crippen molar-refractivity contribution in [1.82, 2.24) is 5.32 Å². The second-order valence-electron chi connectivity index (χ2n) is 3.17. The first-order valence-electron chi connectivity index (χ1n) is 4.44. The van der Waals surface area contributed by atoms with Crippen LogP contribution >= 0.6 is 12.2 Å². The van der Waals surface area contributed by atoms with E-state index in [1.54, 1.807) is 0 Å². The predicted molar refractivity (Wildman–Crippen MR) is 56.9 cm³/mol. The van der Waals surface area contributed by atoms with Crippen LogP contribution in [0.2, 0.25) is 0 Å². The van der Waals surface area contributed by atoms with Crippen LogP contribution in [0.4, 0.5) is 0 Å². The van der Waals surface area contributed by atoms with Crippen molar-refractivity contribution in [1.29, 1.82) is 0 Å². The van der Waals surface area contributed by atoms with Crippen molar-refractivity contribution in [2.24, 2.45) is 0 Å². The molecule has 1 saturated heterocycles. The van der Waals surface area contributed by atoms with E-state index in [4.69, 9.17) is 22.1 Å². The Balaban J connectivity index is 2.22. The average molecular weight is 209 g/mol. The van der Waals surface area contributed by atoms with E-state index in [1.165, 1.54) is 0 Å². The van der Waals surface area contributed by atoms with Crippen LogP contribution in [0, 0.1) is 0 Å². The van der Waals surface area contributed by atoms with Crippen LogP contribution in [-0.2, 0) is 4.74 Å². The largest absolute Gasteiger partial charge is 0.461 e. The van der Waals surface area contributed by atoms with Crippen molar-refractivity contribution >= 4 is 17.4 Å². The Kier molecular flexibility index (Phi) is 2.65. The lowest BCUT2D eigenvalue weighted by Crippen LogP contribution is -2.31. The molecule has 1 aromatic carbocycles. The molecule has 0 aromatic heterocycles. The van der Waals surface area contributed by atoms with Crippen molar-refractivity contribution in [3.05, 3.63) is 35.9 Å². The maximum atomic E-state index is 9.11. The first-order chi connectivity index (χ1) is 6.81. The lowest BCUT2D eigenvalue weighted by atomic mass is 10.0. The third-order valence-corrected chi connectivity index (χ3v) is 2.44. The highest BCUT2D eigenvalue weighted by molar-refractivity contribution is 7.80. The molecule has 2 rings (SSSR count). The molecule has 0 radical (unpaired) electrons. The smallest absolute Gasteiger partial charge is 0.257 e. The molecule has 1 fully saturated rings. The molecule has 4 heteroatoms. The fraction of sp³-hybridized carbons (Fsp3) is 0.300. The van der Waals surface area contributed by atoms with E-state index < -0.39 is 0 Å². The summed E-state index contributed by atoms with van der Waals surface area (Å²) in [5.41, 5.74) is 1.03. The van der Waals surface area contributed by atoms with Gasteiger partial charge in [0.2, 0.25) is 0 Å². The van der Waals surface area contributed by atoms with Gasteiger partial charge in [0, 0.05) is 0 Å². The molecule has 0 amide bonds. The molecule has 2 N–H and O–H groups in total. The zero-order chi connectivity index (χ0) is 9.97. The second kappa shape index (κ2) is 3.94. The van der Waals surface area contributed by atoms with Crippen LogP contribution < -0.4 is 5.32 Å². The molecule has 0 aliphatic carbocycles. The number of rotatable bonds is 2. The minimum absolute atomic E-state index is 0.0136. The Morgan fingerprint density at radius 2 is 2.07 bits per heavy atom. The fourth-order valence-corrected chi connectivity index (χ4v) is 1.80. The van der Waals surface area contributed by atoms with Gasteiger partial charge in [0.25, 0.3) is 5.17 Å². The van der Waals surface area contributed by atoms with Gasteiger partial charge in [-0.05, 0) is 17.8 Å². The maximum Gasteiger partial charge on any atom is 0.257 e. The molecule has 0 spiro atoms. The normalized spacial score (nSPS) is 25.6. The molecule has 1 aliphatic heterocycles. The zero-order valence-corrected chi connectivity index (χ0v) is 8.33. The molecule has 1 heterocycles. The van der Waals surface area contributed by atoms with Crippen LogP contribution in [0.1, 0.15) is 11.7 Å². The molecule has 3 nitrogen and oxygen atoms in total. The third kappa shape index (κ3) is 1.71. The second-order valence-corrected chi connectivity index (χ2v) is 3.54. The highest BCUT2D eigenvalue weighted by Crippen LogP contribution is 2.25. The van der Waals surface area contributed by atoms with Gasteiger partial charge in [-0.2, -0.15) is 0 Å². The van der Waals surface area contributed by atoms with Crippen molar-refractivity contribution in [2.45, 2.75) is 12.1 Å². The molecule has 1 aliphatic rings.